The molecule has 2 nitrogen and oxygen atoms in total. The van der Waals surface area contributed by atoms with Crippen molar-refractivity contribution in [1.82, 2.24) is 0 Å². The first-order valence-corrected chi connectivity index (χ1v) is 7.49. The van der Waals surface area contributed by atoms with E-state index in [2.05, 4.69) is 13.8 Å². The fourth-order valence-corrected chi connectivity index (χ4v) is 3.18. The maximum absolute atomic E-state index is 11.9. The minimum absolute atomic E-state index is 0.123. The van der Waals surface area contributed by atoms with Crippen molar-refractivity contribution in [2.75, 3.05) is 6.61 Å². The van der Waals surface area contributed by atoms with Gasteiger partial charge in [0.15, 0.2) is 5.78 Å². The molecule has 1 aromatic heterocycles. The summed E-state index contributed by atoms with van der Waals surface area (Å²) in [5.74, 6) is 0.123. The average Bonchev–Trinajstić information content (AvgIpc) is 2.74. The fourth-order valence-electron chi connectivity index (χ4n) is 2.39. The molecule has 0 atom stereocenters. The van der Waals surface area contributed by atoms with Crippen molar-refractivity contribution in [3.8, 4) is 0 Å². The Bertz CT molecular complexity index is 410. The summed E-state index contributed by atoms with van der Waals surface area (Å²) in [7, 11) is 0. The van der Waals surface area contributed by atoms with Gasteiger partial charge in [-0.15, -0.1) is 11.3 Å². The van der Waals surface area contributed by atoms with Crippen molar-refractivity contribution in [2.24, 2.45) is 5.41 Å². The molecule has 1 aromatic rings. The van der Waals surface area contributed by atoms with Gasteiger partial charge in [-0.2, -0.15) is 0 Å². The maximum atomic E-state index is 11.9. The number of Topliss-reactive ketones (excluding diaryl/α,β-unsaturated/α-hetero) is 1. The van der Waals surface area contributed by atoms with Gasteiger partial charge in [0.1, 0.15) is 6.61 Å². The lowest BCUT2D eigenvalue weighted by Gasteiger charge is -2.33. The first-order chi connectivity index (χ1) is 8.46. The molecule has 2 rings (SSSR count). The zero-order chi connectivity index (χ0) is 13.2. The molecule has 0 amide bonds. The van der Waals surface area contributed by atoms with Gasteiger partial charge in [0.05, 0.1) is 11.0 Å². The SMILES string of the molecule is Cc1ccc(C(=O)COC2CCC(C)(C)CC2)s1. The van der Waals surface area contributed by atoms with Gasteiger partial charge in [0.2, 0.25) is 0 Å². The summed E-state index contributed by atoms with van der Waals surface area (Å²) in [6.07, 6.45) is 4.85. The van der Waals surface area contributed by atoms with Crippen LogP contribution < -0.4 is 0 Å². The van der Waals surface area contributed by atoms with E-state index < -0.39 is 0 Å². The average molecular weight is 266 g/mol. The van der Waals surface area contributed by atoms with E-state index >= 15 is 0 Å². The molecule has 1 heterocycles. The van der Waals surface area contributed by atoms with Crippen molar-refractivity contribution in [3.63, 3.8) is 0 Å². The van der Waals surface area contributed by atoms with Crippen molar-refractivity contribution in [2.45, 2.75) is 52.6 Å². The normalized spacial score (nSPS) is 19.9. The van der Waals surface area contributed by atoms with Crippen LogP contribution in [0.4, 0.5) is 0 Å². The molecule has 0 unspecified atom stereocenters. The van der Waals surface area contributed by atoms with Crippen molar-refractivity contribution >= 4 is 17.1 Å². The van der Waals surface area contributed by atoms with E-state index in [0.717, 1.165) is 17.7 Å². The van der Waals surface area contributed by atoms with Crippen LogP contribution in [0.3, 0.4) is 0 Å². The number of hydrogen-bond acceptors (Lipinski definition) is 3. The number of carbonyl (C=O) groups is 1. The van der Waals surface area contributed by atoms with Crippen LogP contribution in [0.2, 0.25) is 0 Å². The van der Waals surface area contributed by atoms with Crippen LogP contribution >= 0.6 is 11.3 Å². The molecule has 100 valence electrons. The lowest BCUT2D eigenvalue weighted by Crippen LogP contribution is -2.28. The number of rotatable bonds is 4. The molecule has 0 N–H and O–H groups in total. The van der Waals surface area contributed by atoms with Gasteiger partial charge in [0.25, 0.3) is 0 Å². The van der Waals surface area contributed by atoms with Gasteiger partial charge in [0, 0.05) is 4.88 Å². The molecular weight excluding hydrogens is 244 g/mol. The summed E-state index contributed by atoms with van der Waals surface area (Å²) in [5.41, 5.74) is 0.453. The van der Waals surface area contributed by atoms with E-state index in [9.17, 15) is 4.79 Å². The number of ether oxygens (including phenoxy) is 1. The van der Waals surface area contributed by atoms with Gasteiger partial charge < -0.3 is 4.74 Å². The van der Waals surface area contributed by atoms with Gasteiger partial charge in [-0.3, -0.25) is 4.79 Å². The highest BCUT2D eigenvalue weighted by molar-refractivity contribution is 7.14. The van der Waals surface area contributed by atoms with Crippen LogP contribution in [0.5, 0.6) is 0 Å². The van der Waals surface area contributed by atoms with Crippen LogP contribution in [0.15, 0.2) is 12.1 Å². The highest BCUT2D eigenvalue weighted by Crippen LogP contribution is 2.36. The monoisotopic (exact) mass is 266 g/mol. The third kappa shape index (κ3) is 3.66. The number of ketones is 1. The minimum atomic E-state index is 0.123. The molecule has 0 spiro atoms. The Morgan fingerprint density at radius 2 is 2.06 bits per heavy atom. The molecule has 0 bridgehead atoms. The highest BCUT2D eigenvalue weighted by atomic mass is 32.1. The van der Waals surface area contributed by atoms with Crippen molar-refractivity contribution in [3.05, 3.63) is 21.9 Å². The van der Waals surface area contributed by atoms with E-state index in [-0.39, 0.29) is 18.5 Å². The van der Waals surface area contributed by atoms with Crippen molar-refractivity contribution in [1.29, 1.82) is 0 Å². The van der Waals surface area contributed by atoms with Crippen LogP contribution in [-0.4, -0.2) is 18.5 Å². The van der Waals surface area contributed by atoms with Gasteiger partial charge in [-0.1, -0.05) is 13.8 Å². The van der Waals surface area contributed by atoms with Crippen molar-refractivity contribution < 1.29 is 9.53 Å². The Labute approximate surface area is 113 Å². The van der Waals surface area contributed by atoms with Crippen LogP contribution in [0, 0.1) is 12.3 Å². The maximum Gasteiger partial charge on any atom is 0.198 e. The molecule has 3 heteroatoms. The minimum Gasteiger partial charge on any atom is -0.370 e. The molecule has 1 saturated carbocycles. The summed E-state index contributed by atoms with van der Waals surface area (Å²) in [6, 6.07) is 3.89. The molecule has 18 heavy (non-hydrogen) atoms. The molecule has 0 saturated heterocycles. The van der Waals surface area contributed by atoms with E-state index in [4.69, 9.17) is 4.74 Å². The molecule has 0 aliphatic heterocycles. The first kappa shape index (κ1) is 13.8. The van der Waals surface area contributed by atoms with E-state index in [1.54, 1.807) is 11.3 Å². The second-order valence-corrected chi connectivity index (χ2v) is 7.30. The standard InChI is InChI=1S/C15H22O2S/c1-11-4-5-14(18-11)13(16)10-17-12-6-8-15(2,3)9-7-12/h4-5,12H,6-10H2,1-3H3. The molecule has 1 aliphatic carbocycles. The number of aryl methyl sites for hydroxylation is 1. The van der Waals surface area contributed by atoms with Gasteiger partial charge >= 0.3 is 0 Å². The fraction of sp³-hybridized carbons (Fsp3) is 0.667. The molecular formula is C15H22O2S. The second kappa shape index (κ2) is 5.54. The smallest absolute Gasteiger partial charge is 0.198 e. The third-order valence-corrected chi connectivity index (χ3v) is 4.79. The number of hydrogen-bond donors (Lipinski definition) is 0. The lowest BCUT2D eigenvalue weighted by atomic mass is 9.76. The molecule has 0 radical (unpaired) electrons. The Morgan fingerprint density at radius 3 is 2.61 bits per heavy atom. The Morgan fingerprint density at radius 1 is 1.39 bits per heavy atom. The summed E-state index contributed by atoms with van der Waals surface area (Å²) < 4.78 is 5.76. The van der Waals surface area contributed by atoms with Gasteiger partial charge in [-0.25, -0.2) is 0 Å². The first-order valence-electron chi connectivity index (χ1n) is 6.67. The second-order valence-electron chi connectivity index (χ2n) is 6.01. The summed E-state index contributed by atoms with van der Waals surface area (Å²) in [4.78, 5) is 13.9. The van der Waals surface area contributed by atoms with E-state index in [1.807, 2.05) is 19.1 Å². The van der Waals surface area contributed by atoms with Crippen LogP contribution in [-0.2, 0) is 4.74 Å². The molecule has 0 aromatic carbocycles. The lowest BCUT2D eigenvalue weighted by molar-refractivity contribution is 0.00877. The summed E-state index contributed by atoms with van der Waals surface area (Å²) >= 11 is 1.55. The molecule has 1 fully saturated rings. The Hall–Kier alpha value is -0.670. The highest BCUT2D eigenvalue weighted by Gasteiger charge is 2.27. The van der Waals surface area contributed by atoms with Crippen LogP contribution in [0.1, 0.15) is 54.1 Å². The number of thiophene rings is 1. The summed E-state index contributed by atoms with van der Waals surface area (Å²) in [6.45, 7) is 6.88. The number of carbonyl (C=O) groups excluding carboxylic acids is 1. The topological polar surface area (TPSA) is 26.3 Å². The van der Waals surface area contributed by atoms with Gasteiger partial charge in [-0.05, 0) is 50.2 Å². The van der Waals surface area contributed by atoms with E-state index in [1.165, 1.54) is 17.7 Å². The summed E-state index contributed by atoms with van der Waals surface area (Å²) in [5, 5.41) is 0. The quantitative estimate of drug-likeness (QED) is 0.762. The third-order valence-electron chi connectivity index (χ3n) is 3.75. The predicted molar refractivity (Wildman–Crippen MR) is 75.4 cm³/mol. The van der Waals surface area contributed by atoms with Crippen LogP contribution in [0.25, 0.3) is 0 Å². The largest absolute Gasteiger partial charge is 0.370 e. The Kier molecular flexibility index (Phi) is 4.23. The molecule has 1 aliphatic rings. The zero-order valence-corrected chi connectivity index (χ0v) is 12.3. The zero-order valence-electron chi connectivity index (χ0n) is 11.5. The predicted octanol–water partition coefficient (Wildman–Crippen LogP) is 4.22. The Balaban J connectivity index is 1.77. The van der Waals surface area contributed by atoms with E-state index in [0.29, 0.717) is 5.41 Å².